The first-order valence-electron chi connectivity index (χ1n) is 9.01. The van der Waals surface area contributed by atoms with Crippen molar-refractivity contribution in [3.05, 3.63) is 35.4 Å². The lowest BCUT2D eigenvalue weighted by Crippen LogP contribution is -2.38. The number of nitrogens with zero attached hydrogens (tertiary/aromatic N) is 1. The van der Waals surface area contributed by atoms with E-state index in [0.717, 1.165) is 58.3 Å². The Morgan fingerprint density at radius 2 is 2.08 bits per heavy atom. The van der Waals surface area contributed by atoms with E-state index in [2.05, 4.69) is 53.7 Å². The maximum absolute atomic E-state index is 5.72. The molecule has 0 radical (unpaired) electrons. The van der Waals surface area contributed by atoms with E-state index in [1.807, 2.05) is 0 Å². The number of aliphatic imine (C=N–C) groups is 1. The van der Waals surface area contributed by atoms with Gasteiger partial charge in [-0.3, -0.25) is 0 Å². The Balaban J connectivity index is 0.00000312. The van der Waals surface area contributed by atoms with E-state index in [-0.39, 0.29) is 24.0 Å². The smallest absolute Gasteiger partial charge is 0.191 e. The highest BCUT2D eigenvalue weighted by Crippen LogP contribution is 2.12. The van der Waals surface area contributed by atoms with Crippen LogP contribution >= 0.6 is 24.0 Å². The fourth-order valence-corrected chi connectivity index (χ4v) is 2.55. The Kier molecular flexibility index (Phi) is 11.9. The average Bonchev–Trinajstić information content (AvgIpc) is 3.10. The van der Waals surface area contributed by atoms with Crippen LogP contribution in [0, 0.1) is 12.8 Å². The molecule has 1 atom stereocenters. The molecule has 1 fully saturated rings. The minimum absolute atomic E-state index is 0. The molecular formula is C19H32IN3O2. The van der Waals surface area contributed by atoms with E-state index in [1.165, 1.54) is 11.1 Å². The molecule has 0 aromatic heterocycles. The van der Waals surface area contributed by atoms with Crippen molar-refractivity contribution in [1.82, 2.24) is 10.6 Å². The second-order valence-corrected chi connectivity index (χ2v) is 6.27. The summed E-state index contributed by atoms with van der Waals surface area (Å²) in [5, 5.41) is 6.65. The van der Waals surface area contributed by atoms with Crippen LogP contribution in [-0.4, -0.2) is 45.5 Å². The number of guanidine groups is 1. The predicted molar refractivity (Wildman–Crippen MR) is 114 cm³/mol. The van der Waals surface area contributed by atoms with Crippen molar-refractivity contribution in [1.29, 1.82) is 0 Å². The molecule has 2 N–H and O–H groups in total. The van der Waals surface area contributed by atoms with Crippen LogP contribution in [0.3, 0.4) is 0 Å². The third-order valence-corrected chi connectivity index (χ3v) is 4.02. The van der Waals surface area contributed by atoms with E-state index in [1.54, 1.807) is 0 Å². The zero-order chi connectivity index (χ0) is 17.0. The van der Waals surface area contributed by atoms with Crippen LogP contribution in [-0.2, 0) is 16.0 Å². The second kappa shape index (κ2) is 13.4. The summed E-state index contributed by atoms with van der Waals surface area (Å²) in [6.45, 7) is 9.93. The van der Waals surface area contributed by atoms with Gasteiger partial charge in [-0.15, -0.1) is 24.0 Å². The number of halogens is 1. The summed E-state index contributed by atoms with van der Waals surface area (Å²) in [5.41, 5.74) is 2.50. The lowest BCUT2D eigenvalue weighted by molar-refractivity contribution is 0.0888. The maximum Gasteiger partial charge on any atom is 0.191 e. The monoisotopic (exact) mass is 461 g/mol. The molecule has 25 heavy (non-hydrogen) atoms. The van der Waals surface area contributed by atoms with Crippen LogP contribution in [0.15, 0.2) is 29.3 Å². The number of benzene rings is 1. The number of hydrogen-bond acceptors (Lipinski definition) is 3. The summed E-state index contributed by atoms with van der Waals surface area (Å²) in [7, 11) is 0. The van der Waals surface area contributed by atoms with Crippen molar-refractivity contribution in [2.24, 2.45) is 10.9 Å². The number of ether oxygens (including phenoxy) is 2. The van der Waals surface area contributed by atoms with Crippen molar-refractivity contribution in [2.45, 2.75) is 33.2 Å². The molecule has 0 amide bonds. The fourth-order valence-electron chi connectivity index (χ4n) is 2.55. The van der Waals surface area contributed by atoms with Crippen LogP contribution in [0.25, 0.3) is 0 Å². The molecule has 1 saturated heterocycles. The molecular weight excluding hydrogens is 429 g/mol. The maximum atomic E-state index is 5.72. The summed E-state index contributed by atoms with van der Waals surface area (Å²) >= 11 is 0. The molecule has 0 bridgehead atoms. The van der Waals surface area contributed by atoms with Gasteiger partial charge in [0.1, 0.15) is 0 Å². The normalized spacial score (nSPS) is 17.2. The molecule has 6 heteroatoms. The van der Waals surface area contributed by atoms with Gasteiger partial charge in [-0.05, 0) is 32.3 Å². The van der Waals surface area contributed by atoms with Crippen molar-refractivity contribution < 1.29 is 9.47 Å². The minimum atomic E-state index is 0. The molecule has 5 nitrogen and oxygen atoms in total. The topological polar surface area (TPSA) is 54.9 Å². The number of aryl methyl sites for hydroxylation is 1. The van der Waals surface area contributed by atoms with Gasteiger partial charge in [-0.1, -0.05) is 29.8 Å². The Hall–Kier alpha value is -0.860. The van der Waals surface area contributed by atoms with E-state index < -0.39 is 0 Å². The van der Waals surface area contributed by atoms with Crippen molar-refractivity contribution in [2.75, 3.05) is 39.5 Å². The Morgan fingerprint density at radius 3 is 2.76 bits per heavy atom. The molecule has 142 valence electrons. The van der Waals surface area contributed by atoms with E-state index in [4.69, 9.17) is 9.47 Å². The summed E-state index contributed by atoms with van der Waals surface area (Å²) in [6, 6.07) is 8.50. The lowest BCUT2D eigenvalue weighted by Gasteiger charge is -2.12. The molecule has 1 aliphatic rings. The molecule has 2 rings (SSSR count). The zero-order valence-corrected chi connectivity index (χ0v) is 17.8. The van der Waals surface area contributed by atoms with E-state index in [0.29, 0.717) is 12.5 Å². The van der Waals surface area contributed by atoms with Gasteiger partial charge < -0.3 is 20.1 Å². The van der Waals surface area contributed by atoms with Gasteiger partial charge >= 0.3 is 0 Å². The van der Waals surface area contributed by atoms with Gasteiger partial charge in [0.05, 0.1) is 19.8 Å². The standard InChI is InChI=1S/C19H31N3O2.HI/c1-3-20-19(22-13-17-7-5-16(2)6-8-17)21-10-4-11-23-14-18-9-12-24-15-18;/h5-8,18H,3-4,9-15H2,1-2H3,(H2,20,21,22);1H. The van der Waals surface area contributed by atoms with Gasteiger partial charge in [0.25, 0.3) is 0 Å². The molecule has 1 aromatic carbocycles. The Labute approximate surface area is 169 Å². The third-order valence-electron chi connectivity index (χ3n) is 4.02. The molecule has 0 saturated carbocycles. The molecule has 1 aliphatic heterocycles. The summed E-state index contributed by atoms with van der Waals surface area (Å²) < 4.78 is 11.1. The summed E-state index contributed by atoms with van der Waals surface area (Å²) in [5.74, 6) is 1.45. The van der Waals surface area contributed by atoms with E-state index in [9.17, 15) is 0 Å². The van der Waals surface area contributed by atoms with Crippen molar-refractivity contribution >= 4 is 29.9 Å². The van der Waals surface area contributed by atoms with Gasteiger partial charge in [0.15, 0.2) is 5.96 Å². The van der Waals surface area contributed by atoms with Crippen molar-refractivity contribution in [3.8, 4) is 0 Å². The quantitative estimate of drug-likeness (QED) is 0.257. The molecule has 0 spiro atoms. The van der Waals surface area contributed by atoms with Crippen LogP contribution in [0.1, 0.15) is 30.9 Å². The SMILES string of the molecule is CCNC(=NCc1ccc(C)cc1)NCCCOCC1CCOC1.I. The summed E-state index contributed by atoms with van der Waals surface area (Å²) in [6.07, 6.45) is 2.11. The molecule has 1 heterocycles. The van der Waals surface area contributed by atoms with E-state index >= 15 is 0 Å². The first kappa shape index (κ1) is 22.2. The second-order valence-electron chi connectivity index (χ2n) is 6.27. The Bertz CT molecular complexity index is 488. The largest absolute Gasteiger partial charge is 0.381 e. The first-order valence-corrected chi connectivity index (χ1v) is 9.01. The lowest BCUT2D eigenvalue weighted by atomic mass is 10.1. The van der Waals surface area contributed by atoms with Gasteiger partial charge in [0, 0.05) is 32.2 Å². The Morgan fingerprint density at radius 1 is 1.28 bits per heavy atom. The molecule has 1 aromatic rings. The van der Waals surface area contributed by atoms with Crippen LogP contribution < -0.4 is 10.6 Å². The zero-order valence-electron chi connectivity index (χ0n) is 15.4. The van der Waals surface area contributed by atoms with Crippen molar-refractivity contribution in [3.63, 3.8) is 0 Å². The number of rotatable bonds is 9. The predicted octanol–water partition coefficient (Wildman–Crippen LogP) is 3.11. The number of nitrogens with one attached hydrogen (secondary N) is 2. The van der Waals surface area contributed by atoms with Gasteiger partial charge in [-0.25, -0.2) is 4.99 Å². The highest BCUT2D eigenvalue weighted by Gasteiger charge is 2.15. The number of hydrogen-bond donors (Lipinski definition) is 2. The van der Waals surface area contributed by atoms with Gasteiger partial charge in [-0.2, -0.15) is 0 Å². The first-order chi connectivity index (χ1) is 11.8. The fraction of sp³-hybridized carbons (Fsp3) is 0.632. The third kappa shape index (κ3) is 9.42. The van der Waals surface area contributed by atoms with Gasteiger partial charge in [0.2, 0.25) is 0 Å². The summed E-state index contributed by atoms with van der Waals surface area (Å²) in [4.78, 5) is 4.63. The molecule has 1 unspecified atom stereocenters. The highest BCUT2D eigenvalue weighted by atomic mass is 127. The van der Waals surface area contributed by atoms with Crippen LogP contribution in [0.2, 0.25) is 0 Å². The van der Waals surface area contributed by atoms with Crippen LogP contribution in [0.5, 0.6) is 0 Å². The van der Waals surface area contributed by atoms with Crippen LogP contribution in [0.4, 0.5) is 0 Å². The highest BCUT2D eigenvalue weighted by molar-refractivity contribution is 14.0. The molecule has 0 aliphatic carbocycles. The minimum Gasteiger partial charge on any atom is -0.381 e. The average molecular weight is 461 g/mol.